The average Bonchev–Trinajstić information content (AvgIpc) is 2.30. The fourth-order valence-electron chi connectivity index (χ4n) is 1.32. The SMILES string of the molecule is CC(C)=CCNC(=O)Nc1ccc(I)cc1C(=O)O. The molecule has 5 nitrogen and oxygen atoms in total. The second kappa shape index (κ2) is 7.13. The number of halogens is 1. The van der Waals surface area contributed by atoms with E-state index in [0.717, 1.165) is 9.14 Å². The minimum absolute atomic E-state index is 0.0734. The summed E-state index contributed by atoms with van der Waals surface area (Å²) in [4.78, 5) is 22.7. The number of hydrogen-bond donors (Lipinski definition) is 3. The highest BCUT2D eigenvalue weighted by atomic mass is 127. The molecular weight excluding hydrogens is 359 g/mol. The minimum atomic E-state index is -1.07. The van der Waals surface area contributed by atoms with Gasteiger partial charge in [-0.2, -0.15) is 0 Å². The molecule has 2 amide bonds. The van der Waals surface area contributed by atoms with Crippen LogP contribution in [0.5, 0.6) is 0 Å². The van der Waals surface area contributed by atoms with Gasteiger partial charge in [0.25, 0.3) is 0 Å². The first-order chi connectivity index (χ1) is 8.90. The minimum Gasteiger partial charge on any atom is -0.478 e. The van der Waals surface area contributed by atoms with E-state index in [2.05, 4.69) is 10.6 Å². The van der Waals surface area contributed by atoms with Crippen LogP contribution in [0.4, 0.5) is 10.5 Å². The number of amides is 2. The zero-order valence-electron chi connectivity index (χ0n) is 10.7. The van der Waals surface area contributed by atoms with Crippen LogP contribution in [0.2, 0.25) is 0 Å². The largest absolute Gasteiger partial charge is 0.478 e. The summed E-state index contributed by atoms with van der Waals surface area (Å²) in [7, 11) is 0. The number of anilines is 1. The predicted molar refractivity (Wildman–Crippen MR) is 82.6 cm³/mol. The van der Waals surface area contributed by atoms with Crippen LogP contribution in [-0.2, 0) is 0 Å². The molecule has 0 aliphatic carbocycles. The standard InChI is InChI=1S/C13H15IN2O3/c1-8(2)5-6-15-13(19)16-11-4-3-9(14)7-10(11)12(17)18/h3-5,7H,6H2,1-2H3,(H,17,18)(H2,15,16,19). The van der Waals surface area contributed by atoms with Gasteiger partial charge in [0.2, 0.25) is 0 Å². The summed E-state index contributed by atoms with van der Waals surface area (Å²) in [6.45, 7) is 4.27. The molecule has 0 aliphatic heterocycles. The Morgan fingerprint density at radius 1 is 1.37 bits per heavy atom. The van der Waals surface area contributed by atoms with Gasteiger partial charge in [0.05, 0.1) is 11.3 Å². The van der Waals surface area contributed by atoms with Crippen LogP contribution in [0.3, 0.4) is 0 Å². The molecule has 0 bridgehead atoms. The first-order valence-electron chi connectivity index (χ1n) is 5.61. The number of allylic oxidation sites excluding steroid dienone is 1. The molecule has 0 aromatic heterocycles. The van der Waals surface area contributed by atoms with Crippen molar-refractivity contribution in [2.24, 2.45) is 0 Å². The Kier molecular flexibility index (Phi) is 5.81. The third-order valence-corrected chi connectivity index (χ3v) is 2.90. The van der Waals surface area contributed by atoms with Crippen molar-refractivity contribution in [3.05, 3.63) is 39.0 Å². The molecule has 0 saturated carbocycles. The Balaban J connectivity index is 2.74. The lowest BCUT2D eigenvalue weighted by Gasteiger charge is -2.09. The zero-order chi connectivity index (χ0) is 14.4. The molecular formula is C13H15IN2O3. The van der Waals surface area contributed by atoms with Crippen molar-refractivity contribution < 1.29 is 14.7 Å². The number of carboxylic acid groups (broad SMARTS) is 1. The number of carbonyl (C=O) groups excluding carboxylic acids is 1. The van der Waals surface area contributed by atoms with Gasteiger partial charge < -0.3 is 15.7 Å². The van der Waals surface area contributed by atoms with Crippen molar-refractivity contribution in [2.45, 2.75) is 13.8 Å². The Morgan fingerprint density at radius 3 is 2.63 bits per heavy atom. The number of nitrogens with one attached hydrogen (secondary N) is 2. The molecule has 0 heterocycles. The van der Waals surface area contributed by atoms with Gasteiger partial charge in [-0.25, -0.2) is 9.59 Å². The fraction of sp³-hybridized carbons (Fsp3) is 0.231. The smallest absolute Gasteiger partial charge is 0.337 e. The maximum Gasteiger partial charge on any atom is 0.337 e. The van der Waals surface area contributed by atoms with Crippen LogP contribution in [0.25, 0.3) is 0 Å². The number of hydrogen-bond acceptors (Lipinski definition) is 2. The van der Waals surface area contributed by atoms with E-state index in [0.29, 0.717) is 6.54 Å². The summed E-state index contributed by atoms with van der Waals surface area (Å²) >= 11 is 2.02. The van der Waals surface area contributed by atoms with Crippen molar-refractivity contribution in [1.29, 1.82) is 0 Å². The van der Waals surface area contributed by atoms with Crippen LogP contribution in [0.15, 0.2) is 29.8 Å². The lowest BCUT2D eigenvalue weighted by molar-refractivity contribution is 0.0698. The van der Waals surface area contributed by atoms with Crippen LogP contribution < -0.4 is 10.6 Å². The van der Waals surface area contributed by atoms with Crippen LogP contribution in [0, 0.1) is 3.57 Å². The molecule has 0 saturated heterocycles. The lowest BCUT2D eigenvalue weighted by Crippen LogP contribution is -2.29. The third-order valence-electron chi connectivity index (χ3n) is 2.23. The van der Waals surface area contributed by atoms with Crippen LogP contribution >= 0.6 is 22.6 Å². The summed E-state index contributed by atoms with van der Waals surface area (Å²) in [6, 6.07) is 4.39. The monoisotopic (exact) mass is 374 g/mol. The molecule has 0 fully saturated rings. The molecule has 1 rings (SSSR count). The molecule has 0 radical (unpaired) electrons. The third kappa shape index (κ3) is 5.29. The van der Waals surface area contributed by atoms with Crippen molar-refractivity contribution in [3.63, 3.8) is 0 Å². The zero-order valence-corrected chi connectivity index (χ0v) is 12.8. The van der Waals surface area contributed by atoms with E-state index in [-0.39, 0.29) is 11.3 Å². The Hall–Kier alpha value is -1.57. The maximum absolute atomic E-state index is 11.6. The summed E-state index contributed by atoms with van der Waals surface area (Å²) in [5.41, 5.74) is 1.45. The van der Waals surface area contributed by atoms with Gasteiger partial charge in [0, 0.05) is 10.1 Å². The van der Waals surface area contributed by atoms with Crippen molar-refractivity contribution >= 4 is 40.3 Å². The topological polar surface area (TPSA) is 78.4 Å². The van der Waals surface area contributed by atoms with Gasteiger partial charge in [-0.3, -0.25) is 0 Å². The Labute approximate surface area is 125 Å². The van der Waals surface area contributed by atoms with E-state index in [9.17, 15) is 9.59 Å². The average molecular weight is 374 g/mol. The second-order valence-electron chi connectivity index (χ2n) is 4.11. The molecule has 0 unspecified atom stereocenters. The van der Waals surface area contributed by atoms with E-state index in [1.165, 1.54) is 6.07 Å². The van der Waals surface area contributed by atoms with Gasteiger partial charge in [-0.15, -0.1) is 0 Å². The molecule has 19 heavy (non-hydrogen) atoms. The number of urea groups is 1. The molecule has 3 N–H and O–H groups in total. The molecule has 102 valence electrons. The number of aromatic carboxylic acids is 1. The van der Waals surface area contributed by atoms with Gasteiger partial charge in [-0.1, -0.05) is 11.6 Å². The van der Waals surface area contributed by atoms with Crippen molar-refractivity contribution in [1.82, 2.24) is 5.32 Å². The highest BCUT2D eigenvalue weighted by Gasteiger charge is 2.12. The molecule has 0 aliphatic rings. The van der Waals surface area contributed by atoms with E-state index in [1.54, 1.807) is 12.1 Å². The van der Waals surface area contributed by atoms with Crippen LogP contribution in [0.1, 0.15) is 24.2 Å². The molecule has 6 heteroatoms. The van der Waals surface area contributed by atoms with Gasteiger partial charge >= 0.3 is 12.0 Å². The van der Waals surface area contributed by atoms with Gasteiger partial charge in [0.15, 0.2) is 0 Å². The van der Waals surface area contributed by atoms with Crippen molar-refractivity contribution in [2.75, 3.05) is 11.9 Å². The number of benzene rings is 1. The van der Waals surface area contributed by atoms with E-state index in [4.69, 9.17) is 5.11 Å². The molecule has 1 aromatic rings. The first-order valence-corrected chi connectivity index (χ1v) is 6.69. The Bertz CT molecular complexity index is 523. The normalized spacial score (nSPS) is 9.63. The molecule has 1 aromatic carbocycles. The quantitative estimate of drug-likeness (QED) is 0.560. The fourth-order valence-corrected chi connectivity index (χ4v) is 1.81. The van der Waals surface area contributed by atoms with E-state index >= 15 is 0 Å². The number of rotatable bonds is 4. The summed E-state index contributed by atoms with van der Waals surface area (Å²) in [5, 5.41) is 14.2. The molecule has 0 spiro atoms. The van der Waals surface area contributed by atoms with Gasteiger partial charge in [-0.05, 0) is 54.6 Å². The van der Waals surface area contributed by atoms with E-state index < -0.39 is 12.0 Å². The Morgan fingerprint density at radius 2 is 2.05 bits per heavy atom. The number of carbonyl (C=O) groups is 2. The summed E-state index contributed by atoms with van der Waals surface area (Å²) in [6.07, 6.45) is 1.87. The summed E-state index contributed by atoms with van der Waals surface area (Å²) in [5.74, 6) is -1.07. The maximum atomic E-state index is 11.6. The van der Waals surface area contributed by atoms with Crippen molar-refractivity contribution in [3.8, 4) is 0 Å². The first kappa shape index (κ1) is 15.5. The molecule has 0 atom stereocenters. The van der Waals surface area contributed by atoms with E-state index in [1.807, 2.05) is 42.5 Å². The van der Waals surface area contributed by atoms with Crippen LogP contribution in [-0.4, -0.2) is 23.7 Å². The second-order valence-corrected chi connectivity index (χ2v) is 5.36. The van der Waals surface area contributed by atoms with Gasteiger partial charge in [0.1, 0.15) is 0 Å². The highest BCUT2D eigenvalue weighted by molar-refractivity contribution is 14.1. The lowest BCUT2D eigenvalue weighted by atomic mass is 10.2. The highest BCUT2D eigenvalue weighted by Crippen LogP contribution is 2.18. The predicted octanol–water partition coefficient (Wildman–Crippen LogP) is 3.08. The summed E-state index contributed by atoms with van der Waals surface area (Å²) < 4.78 is 0.797. The number of carboxylic acids is 1.